The van der Waals surface area contributed by atoms with Crippen LogP contribution in [0.3, 0.4) is 0 Å². The van der Waals surface area contributed by atoms with E-state index in [9.17, 15) is 14.9 Å². The van der Waals surface area contributed by atoms with Crippen molar-refractivity contribution < 1.29 is 9.72 Å². The molecule has 0 aromatic heterocycles. The van der Waals surface area contributed by atoms with E-state index < -0.39 is 4.92 Å². The molecule has 1 aliphatic rings. The number of rotatable bonds is 6. The van der Waals surface area contributed by atoms with Crippen molar-refractivity contribution in [2.75, 3.05) is 18.9 Å². The molecule has 1 aromatic rings. The van der Waals surface area contributed by atoms with E-state index in [4.69, 9.17) is 0 Å². The summed E-state index contributed by atoms with van der Waals surface area (Å²) in [5, 5.41) is 14.3. The lowest BCUT2D eigenvalue weighted by Crippen LogP contribution is -2.36. The number of anilines is 1. The largest absolute Gasteiger partial charge is 0.380 e. The van der Waals surface area contributed by atoms with Crippen molar-refractivity contribution in [3.05, 3.63) is 33.9 Å². The summed E-state index contributed by atoms with van der Waals surface area (Å²) in [6.45, 7) is 4.42. The number of nitro benzene ring substituents is 1. The van der Waals surface area contributed by atoms with Crippen LogP contribution in [0, 0.1) is 16.0 Å². The second kappa shape index (κ2) is 6.11. The van der Waals surface area contributed by atoms with Gasteiger partial charge in [0.15, 0.2) is 0 Å². The van der Waals surface area contributed by atoms with Crippen LogP contribution in [-0.2, 0) is 0 Å². The number of carbonyl (C=O) groups excluding carboxylic acids is 1. The van der Waals surface area contributed by atoms with E-state index in [0.29, 0.717) is 18.2 Å². The normalized spacial score (nSPS) is 15.4. The van der Waals surface area contributed by atoms with E-state index in [-0.39, 0.29) is 23.2 Å². The number of benzene rings is 1. The molecule has 1 saturated carbocycles. The van der Waals surface area contributed by atoms with E-state index in [1.165, 1.54) is 6.07 Å². The van der Waals surface area contributed by atoms with Gasteiger partial charge in [-0.25, -0.2) is 0 Å². The van der Waals surface area contributed by atoms with Crippen molar-refractivity contribution in [3.63, 3.8) is 0 Å². The van der Waals surface area contributed by atoms with Gasteiger partial charge in [-0.3, -0.25) is 14.9 Å². The highest BCUT2D eigenvalue weighted by atomic mass is 16.6. The standard InChI is InChI=1S/C15H21N3O3/c1-4-16-13-7-5-6-12(14(13)18(20)21)15(19)17(3)10(2)11-8-9-11/h5-7,10-11,16H,4,8-9H2,1-3H3. The van der Waals surface area contributed by atoms with Crippen LogP contribution in [-0.4, -0.2) is 35.4 Å². The minimum Gasteiger partial charge on any atom is -0.380 e. The minimum absolute atomic E-state index is 0.111. The fraction of sp³-hybridized carbons (Fsp3) is 0.533. The van der Waals surface area contributed by atoms with Crippen LogP contribution in [0.4, 0.5) is 11.4 Å². The molecule has 1 atom stereocenters. The molecule has 1 N–H and O–H groups in total. The summed E-state index contributed by atoms with van der Waals surface area (Å²) >= 11 is 0. The first-order valence-electron chi connectivity index (χ1n) is 7.25. The highest BCUT2D eigenvalue weighted by Crippen LogP contribution is 2.36. The van der Waals surface area contributed by atoms with Gasteiger partial charge < -0.3 is 10.2 Å². The molecular weight excluding hydrogens is 270 g/mol. The van der Waals surface area contributed by atoms with E-state index in [1.807, 2.05) is 13.8 Å². The smallest absolute Gasteiger partial charge is 0.305 e. The maximum atomic E-state index is 12.6. The zero-order valence-electron chi connectivity index (χ0n) is 12.6. The zero-order chi connectivity index (χ0) is 15.6. The van der Waals surface area contributed by atoms with Crippen LogP contribution in [0.25, 0.3) is 0 Å². The van der Waals surface area contributed by atoms with Gasteiger partial charge in [-0.2, -0.15) is 0 Å². The first kappa shape index (κ1) is 15.3. The van der Waals surface area contributed by atoms with Crippen LogP contribution in [0.2, 0.25) is 0 Å². The van der Waals surface area contributed by atoms with Crippen LogP contribution in [0.1, 0.15) is 37.0 Å². The third kappa shape index (κ3) is 3.15. The Balaban J connectivity index is 2.35. The Morgan fingerprint density at radius 2 is 2.19 bits per heavy atom. The molecule has 1 amide bonds. The van der Waals surface area contributed by atoms with Gasteiger partial charge in [0, 0.05) is 19.6 Å². The molecule has 114 valence electrons. The second-order valence-electron chi connectivity index (χ2n) is 5.48. The molecule has 0 aliphatic heterocycles. The zero-order valence-corrected chi connectivity index (χ0v) is 12.6. The summed E-state index contributed by atoms with van der Waals surface area (Å²) in [5.74, 6) is 0.232. The minimum atomic E-state index is -0.485. The Bertz CT molecular complexity index is 555. The fourth-order valence-corrected chi connectivity index (χ4v) is 2.52. The molecule has 0 saturated heterocycles. The van der Waals surface area contributed by atoms with Crippen molar-refractivity contribution in [2.45, 2.75) is 32.7 Å². The van der Waals surface area contributed by atoms with E-state index in [1.54, 1.807) is 24.1 Å². The summed E-state index contributed by atoms with van der Waals surface area (Å²) in [7, 11) is 1.72. The van der Waals surface area contributed by atoms with Crippen molar-refractivity contribution >= 4 is 17.3 Å². The fourth-order valence-electron chi connectivity index (χ4n) is 2.52. The second-order valence-corrected chi connectivity index (χ2v) is 5.48. The summed E-state index contributed by atoms with van der Waals surface area (Å²) in [6, 6.07) is 4.94. The van der Waals surface area contributed by atoms with Gasteiger partial charge in [0.2, 0.25) is 0 Å². The number of hydrogen-bond acceptors (Lipinski definition) is 4. The number of nitrogens with one attached hydrogen (secondary N) is 1. The average molecular weight is 291 g/mol. The van der Waals surface area contributed by atoms with Crippen molar-refractivity contribution in [1.29, 1.82) is 0 Å². The van der Waals surface area contributed by atoms with Crippen molar-refractivity contribution in [2.24, 2.45) is 5.92 Å². The quantitative estimate of drug-likeness (QED) is 0.646. The third-order valence-electron chi connectivity index (χ3n) is 4.05. The Labute approximate surface area is 124 Å². The van der Waals surface area contributed by atoms with Gasteiger partial charge in [0.25, 0.3) is 5.91 Å². The maximum absolute atomic E-state index is 12.6. The number of nitrogens with zero attached hydrogens (tertiary/aromatic N) is 2. The number of nitro groups is 1. The lowest BCUT2D eigenvalue weighted by atomic mass is 10.1. The molecule has 1 unspecified atom stereocenters. The summed E-state index contributed by atoms with van der Waals surface area (Å²) in [4.78, 5) is 25.1. The Morgan fingerprint density at radius 3 is 2.71 bits per heavy atom. The number of carbonyl (C=O) groups is 1. The van der Waals surface area contributed by atoms with E-state index in [0.717, 1.165) is 12.8 Å². The molecule has 1 fully saturated rings. The number of hydrogen-bond donors (Lipinski definition) is 1. The van der Waals surface area contributed by atoms with Gasteiger partial charge in [0.1, 0.15) is 11.3 Å². The lowest BCUT2D eigenvalue weighted by Gasteiger charge is -2.25. The van der Waals surface area contributed by atoms with Crippen LogP contribution in [0.15, 0.2) is 18.2 Å². The van der Waals surface area contributed by atoms with Crippen LogP contribution >= 0.6 is 0 Å². The first-order valence-corrected chi connectivity index (χ1v) is 7.25. The highest BCUT2D eigenvalue weighted by molar-refractivity contribution is 6.00. The van der Waals surface area contributed by atoms with E-state index >= 15 is 0 Å². The lowest BCUT2D eigenvalue weighted by molar-refractivity contribution is -0.384. The van der Waals surface area contributed by atoms with Gasteiger partial charge in [0.05, 0.1) is 4.92 Å². The molecule has 0 heterocycles. The molecule has 0 spiro atoms. The van der Waals surface area contributed by atoms with Crippen molar-refractivity contribution in [1.82, 2.24) is 4.90 Å². The first-order chi connectivity index (χ1) is 9.97. The monoisotopic (exact) mass is 291 g/mol. The summed E-state index contributed by atoms with van der Waals surface area (Å²) in [6.07, 6.45) is 2.25. The van der Waals surface area contributed by atoms with E-state index in [2.05, 4.69) is 5.32 Å². The molecule has 2 rings (SSSR count). The van der Waals surface area contributed by atoms with Gasteiger partial charge >= 0.3 is 5.69 Å². The Morgan fingerprint density at radius 1 is 1.52 bits per heavy atom. The van der Waals surface area contributed by atoms with Gasteiger partial charge in [-0.15, -0.1) is 0 Å². The molecule has 0 bridgehead atoms. The average Bonchev–Trinajstić information content (AvgIpc) is 3.29. The molecule has 1 aliphatic carbocycles. The maximum Gasteiger partial charge on any atom is 0.305 e. The van der Waals surface area contributed by atoms with Crippen LogP contribution in [0.5, 0.6) is 0 Å². The predicted molar refractivity (Wildman–Crippen MR) is 81.5 cm³/mol. The Kier molecular flexibility index (Phi) is 4.45. The summed E-state index contributed by atoms with van der Waals surface area (Å²) < 4.78 is 0. The summed E-state index contributed by atoms with van der Waals surface area (Å²) in [5.41, 5.74) is 0.397. The molecule has 0 radical (unpaired) electrons. The SMILES string of the molecule is CCNc1cccc(C(=O)N(C)C(C)C2CC2)c1[N+](=O)[O-]. The molecule has 1 aromatic carbocycles. The predicted octanol–water partition coefficient (Wildman–Crippen LogP) is 2.90. The van der Waals surface area contributed by atoms with Crippen LogP contribution < -0.4 is 5.32 Å². The molecular formula is C15H21N3O3. The third-order valence-corrected chi connectivity index (χ3v) is 4.05. The number of amides is 1. The van der Waals surface area contributed by atoms with Gasteiger partial charge in [-0.1, -0.05) is 6.07 Å². The van der Waals surface area contributed by atoms with Gasteiger partial charge in [-0.05, 0) is 44.7 Å². The molecule has 6 heteroatoms. The topological polar surface area (TPSA) is 75.5 Å². The molecule has 6 nitrogen and oxygen atoms in total. The Hall–Kier alpha value is -2.11. The number of para-hydroxylation sites is 1. The molecule has 21 heavy (non-hydrogen) atoms. The van der Waals surface area contributed by atoms with Crippen molar-refractivity contribution in [3.8, 4) is 0 Å². The highest BCUT2D eigenvalue weighted by Gasteiger charge is 2.35.